The minimum atomic E-state index is -3.70. The molecule has 0 radical (unpaired) electrons. The summed E-state index contributed by atoms with van der Waals surface area (Å²) < 4.78 is 32.5. The summed E-state index contributed by atoms with van der Waals surface area (Å²) in [4.78, 5) is 16.3. The number of fused-ring (bicyclic) bond motifs is 1. The van der Waals surface area contributed by atoms with Gasteiger partial charge in [0.15, 0.2) is 5.76 Å². The SMILES string of the molecule is Cc1noc(C)c1S(=O)(=O)N1CCN([C@H](C)C(=O)Nc2sc3c(c2C#N)CCCCC3)CC1. The molecule has 1 aliphatic carbocycles. The fourth-order valence-electron chi connectivity index (χ4n) is 4.63. The molecular weight excluding hydrogens is 462 g/mol. The number of nitriles is 1. The quantitative estimate of drug-likeness (QED) is 0.639. The molecule has 1 N–H and O–H groups in total. The summed E-state index contributed by atoms with van der Waals surface area (Å²) in [6, 6.07) is 1.85. The van der Waals surface area contributed by atoms with Gasteiger partial charge in [0, 0.05) is 31.1 Å². The van der Waals surface area contributed by atoms with Crippen LogP contribution in [-0.4, -0.2) is 60.9 Å². The normalized spacial score (nSPS) is 18.8. The molecule has 33 heavy (non-hydrogen) atoms. The molecule has 4 rings (SSSR count). The molecule has 0 spiro atoms. The van der Waals surface area contributed by atoms with E-state index in [0.717, 1.165) is 31.2 Å². The van der Waals surface area contributed by atoms with Crippen LogP contribution in [-0.2, 0) is 27.7 Å². The molecule has 3 heterocycles. The Labute approximate surface area is 198 Å². The number of anilines is 1. The first-order chi connectivity index (χ1) is 15.7. The van der Waals surface area contributed by atoms with Crippen LogP contribution in [0.1, 0.15) is 53.6 Å². The first kappa shape index (κ1) is 23.9. The van der Waals surface area contributed by atoms with E-state index in [4.69, 9.17) is 4.52 Å². The van der Waals surface area contributed by atoms with Crippen LogP contribution in [0.15, 0.2) is 9.42 Å². The van der Waals surface area contributed by atoms with Gasteiger partial charge < -0.3 is 9.84 Å². The lowest BCUT2D eigenvalue weighted by Gasteiger charge is -2.36. The Balaban J connectivity index is 1.41. The predicted octanol–water partition coefficient (Wildman–Crippen LogP) is 2.83. The van der Waals surface area contributed by atoms with E-state index in [2.05, 4.69) is 16.5 Å². The maximum atomic E-state index is 13.0. The second-order valence-electron chi connectivity index (χ2n) is 8.64. The summed E-state index contributed by atoms with van der Waals surface area (Å²) in [5, 5.41) is 17.1. The van der Waals surface area contributed by atoms with Crippen LogP contribution in [0.3, 0.4) is 0 Å². The minimum absolute atomic E-state index is 0.128. The van der Waals surface area contributed by atoms with Crippen LogP contribution in [0.4, 0.5) is 5.00 Å². The van der Waals surface area contributed by atoms with Gasteiger partial charge in [0.1, 0.15) is 21.7 Å². The highest BCUT2D eigenvalue weighted by molar-refractivity contribution is 7.89. The lowest BCUT2D eigenvalue weighted by Crippen LogP contribution is -2.54. The zero-order valence-electron chi connectivity index (χ0n) is 19.2. The highest BCUT2D eigenvalue weighted by Gasteiger charge is 2.35. The summed E-state index contributed by atoms with van der Waals surface area (Å²) in [7, 11) is -3.70. The fourth-order valence-corrected chi connectivity index (χ4v) is 7.59. The number of thiophene rings is 1. The standard InChI is InChI=1S/C22H29N5O4S2/c1-14-20(16(3)31-25-14)33(29,30)27-11-9-26(10-12-27)15(2)21(28)24-22-18(13-23)17-7-5-4-6-8-19(17)32-22/h15H,4-12H2,1-3H3,(H,24,28)/t15-/m1/s1. The van der Waals surface area contributed by atoms with Gasteiger partial charge in [-0.15, -0.1) is 11.3 Å². The van der Waals surface area contributed by atoms with Crippen molar-refractivity contribution in [2.75, 3.05) is 31.5 Å². The number of piperazine rings is 1. The van der Waals surface area contributed by atoms with Crippen molar-refractivity contribution in [3.8, 4) is 6.07 Å². The molecule has 0 bridgehead atoms. The van der Waals surface area contributed by atoms with E-state index >= 15 is 0 Å². The molecule has 1 amide bonds. The first-order valence-electron chi connectivity index (χ1n) is 11.3. The molecule has 11 heteroatoms. The van der Waals surface area contributed by atoms with Crippen molar-refractivity contribution in [2.45, 2.75) is 63.8 Å². The van der Waals surface area contributed by atoms with Crippen molar-refractivity contribution in [3.05, 3.63) is 27.5 Å². The average molecular weight is 492 g/mol. The number of aryl methyl sites for hydroxylation is 3. The second kappa shape index (κ2) is 9.54. The van der Waals surface area contributed by atoms with E-state index in [1.54, 1.807) is 13.8 Å². The molecule has 1 fully saturated rings. The molecule has 9 nitrogen and oxygen atoms in total. The number of hydrogen-bond donors (Lipinski definition) is 1. The average Bonchev–Trinajstić information content (AvgIpc) is 3.21. The van der Waals surface area contributed by atoms with Gasteiger partial charge in [-0.25, -0.2) is 8.42 Å². The summed E-state index contributed by atoms with van der Waals surface area (Å²) in [6.45, 7) is 6.45. The predicted molar refractivity (Wildman–Crippen MR) is 125 cm³/mol. The molecule has 2 aliphatic rings. The Kier molecular flexibility index (Phi) is 6.91. The van der Waals surface area contributed by atoms with Crippen molar-refractivity contribution >= 4 is 32.3 Å². The van der Waals surface area contributed by atoms with E-state index in [-0.39, 0.29) is 29.7 Å². The van der Waals surface area contributed by atoms with Crippen LogP contribution in [0, 0.1) is 25.2 Å². The van der Waals surface area contributed by atoms with Crippen LogP contribution in [0.5, 0.6) is 0 Å². The molecule has 1 saturated heterocycles. The third-order valence-electron chi connectivity index (χ3n) is 6.54. The van der Waals surface area contributed by atoms with Gasteiger partial charge in [-0.2, -0.15) is 9.57 Å². The van der Waals surface area contributed by atoms with Gasteiger partial charge in [0.2, 0.25) is 15.9 Å². The van der Waals surface area contributed by atoms with Crippen molar-refractivity contribution < 1.29 is 17.7 Å². The fraction of sp³-hybridized carbons (Fsp3) is 0.591. The summed E-state index contributed by atoms with van der Waals surface area (Å²) in [5.41, 5.74) is 2.05. The van der Waals surface area contributed by atoms with Gasteiger partial charge in [-0.1, -0.05) is 11.6 Å². The number of nitrogens with zero attached hydrogens (tertiary/aromatic N) is 4. The van der Waals surface area contributed by atoms with E-state index in [1.807, 2.05) is 11.8 Å². The maximum Gasteiger partial charge on any atom is 0.248 e. The summed E-state index contributed by atoms with van der Waals surface area (Å²) >= 11 is 1.52. The Morgan fingerprint density at radius 3 is 2.52 bits per heavy atom. The largest absolute Gasteiger partial charge is 0.360 e. The van der Waals surface area contributed by atoms with Crippen molar-refractivity contribution in [1.82, 2.24) is 14.4 Å². The third kappa shape index (κ3) is 4.57. The monoisotopic (exact) mass is 491 g/mol. The van der Waals surface area contributed by atoms with E-state index in [9.17, 15) is 18.5 Å². The number of hydrogen-bond acceptors (Lipinski definition) is 8. The van der Waals surface area contributed by atoms with Crippen LogP contribution in [0.25, 0.3) is 0 Å². The molecule has 0 unspecified atom stereocenters. The Bertz CT molecular complexity index is 1170. The number of aromatic nitrogens is 1. The van der Waals surface area contributed by atoms with Crippen LogP contribution in [0.2, 0.25) is 0 Å². The maximum absolute atomic E-state index is 13.0. The van der Waals surface area contributed by atoms with Crippen LogP contribution < -0.4 is 5.32 Å². The first-order valence-corrected chi connectivity index (χ1v) is 13.5. The molecule has 0 aromatic carbocycles. The van der Waals surface area contributed by atoms with Crippen molar-refractivity contribution in [3.63, 3.8) is 0 Å². The van der Waals surface area contributed by atoms with Crippen LogP contribution >= 0.6 is 11.3 Å². The lowest BCUT2D eigenvalue weighted by atomic mass is 10.1. The highest BCUT2D eigenvalue weighted by atomic mass is 32.2. The number of carbonyl (C=O) groups excluding carboxylic acids is 1. The van der Waals surface area contributed by atoms with Crippen molar-refractivity contribution in [1.29, 1.82) is 5.26 Å². The molecule has 178 valence electrons. The minimum Gasteiger partial charge on any atom is -0.360 e. The Morgan fingerprint density at radius 1 is 1.18 bits per heavy atom. The number of sulfonamides is 1. The second-order valence-corrected chi connectivity index (χ2v) is 11.6. The molecule has 0 saturated carbocycles. The third-order valence-corrected chi connectivity index (χ3v) is 9.89. The number of carbonyl (C=O) groups is 1. The Morgan fingerprint density at radius 2 is 1.88 bits per heavy atom. The zero-order valence-corrected chi connectivity index (χ0v) is 20.8. The van der Waals surface area contributed by atoms with Gasteiger partial charge in [0.05, 0.1) is 11.6 Å². The lowest BCUT2D eigenvalue weighted by molar-refractivity contribution is -0.121. The van der Waals surface area contributed by atoms with Gasteiger partial charge in [-0.05, 0) is 52.0 Å². The zero-order chi connectivity index (χ0) is 23.8. The molecule has 1 aliphatic heterocycles. The molecule has 2 aromatic rings. The Hall–Kier alpha value is -2.26. The molecule has 2 aromatic heterocycles. The van der Waals surface area contributed by atoms with E-state index in [0.29, 0.717) is 29.3 Å². The van der Waals surface area contributed by atoms with Gasteiger partial charge in [-0.3, -0.25) is 9.69 Å². The summed E-state index contributed by atoms with van der Waals surface area (Å²) in [6.07, 6.45) is 5.21. The van der Waals surface area contributed by atoms with Crippen molar-refractivity contribution in [2.24, 2.45) is 0 Å². The van der Waals surface area contributed by atoms with Gasteiger partial charge >= 0.3 is 0 Å². The smallest absolute Gasteiger partial charge is 0.248 e. The highest BCUT2D eigenvalue weighted by Crippen LogP contribution is 2.37. The van der Waals surface area contributed by atoms with E-state index in [1.165, 1.54) is 26.9 Å². The number of nitrogens with one attached hydrogen (secondary N) is 1. The summed E-state index contributed by atoms with van der Waals surface area (Å²) in [5.74, 6) is 0.107. The topological polar surface area (TPSA) is 120 Å². The van der Waals surface area contributed by atoms with Gasteiger partial charge in [0.25, 0.3) is 0 Å². The number of amides is 1. The molecular formula is C22H29N5O4S2. The van der Waals surface area contributed by atoms with E-state index < -0.39 is 16.1 Å². The number of rotatable bonds is 5. The molecule has 1 atom stereocenters.